The number of aromatic nitrogens is 3. The zero-order valence-electron chi connectivity index (χ0n) is 22.8. The SMILES string of the molecule is CCOC(=O)Nc1cccc(-c2cnc(NC3CCN(c4cnc(C(F)(F)F)nc4)CC3NC3CCCCC3)o2)c1. The van der Waals surface area contributed by atoms with E-state index in [0.717, 1.165) is 18.4 Å². The number of hydrogen-bond acceptors (Lipinski definition) is 9. The smallest absolute Gasteiger partial charge is 0.450 e. The van der Waals surface area contributed by atoms with Gasteiger partial charge < -0.3 is 24.7 Å². The number of nitrogens with one attached hydrogen (secondary N) is 3. The molecule has 220 valence electrons. The summed E-state index contributed by atoms with van der Waals surface area (Å²) in [6, 6.07) is 7.91. The third kappa shape index (κ3) is 7.46. The van der Waals surface area contributed by atoms with Crippen LogP contribution in [0, 0.1) is 0 Å². The van der Waals surface area contributed by atoms with Gasteiger partial charge in [-0.05, 0) is 38.3 Å². The maximum absolute atomic E-state index is 13.0. The van der Waals surface area contributed by atoms with Crippen LogP contribution in [0.4, 0.5) is 35.4 Å². The first-order valence-electron chi connectivity index (χ1n) is 14.0. The van der Waals surface area contributed by atoms with Crippen LogP contribution < -0.4 is 20.9 Å². The average molecular weight is 574 g/mol. The second kappa shape index (κ2) is 12.8. The molecule has 0 spiro atoms. The molecule has 2 aliphatic rings. The van der Waals surface area contributed by atoms with E-state index in [2.05, 4.69) is 30.9 Å². The largest absolute Gasteiger partial charge is 0.451 e. The van der Waals surface area contributed by atoms with Crippen molar-refractivity contribution in [3.05, 3.63) is 48.7 Å². The quantitative estimate of drug-likeness (QED) is 0.312. The van der Waals surface area contributed by atoms with Crippen molar-refractivity contribution < 1.29 is 27.1 Å². The number of amides is 1. The van der Waals surface area contributed by atoms with Gasteiger partial charge in [0.25, 0.3) is 6.01 Å². The normalized spacial score (nSPS) is 20.0. The number of rotatable bonds is 8. The summed E-state index contributed by atoms with van der Waals surface area (Å²) in [5, 5.41) is 9.91. The summed E-state index contributed by atoms with van der Waals surface area (Å²) < 4.78 is 49.9. The van der Waals surface area contributed by atoms with E-state index in [4.69, 9.17) is 9.15 Å². The number of alkyl halides is 3. The van der Waals surface area contributed by atoms with E-state index in [-0.39, 0.29) is 18.7 Å². The Balaban J connectivity index is 1.28. The van der Waals surface area contributed by atoms with Crippen LogP contribution in [0.3, 0.4) is 0 Å². The molecular weight excluding hydrogens is 539 g/mol. The summed E-state index contributed by atoms with van der Waals surface area (Å²) in [4.78, 5) is 25.3. The highest BCUT2D eigenvalue weighted by molar-refractivity contribution is 5.85. The first-order valence-corrected chi connectivity index (χ1v) is 14.0. The van der Waals surface area contributed by atoms with Gasteiger partial charge in [0.05, 0.1) is 30.9 Å². The molecule has 0 bridgehead atoms. The lowest BCUT2D eigenvalue weighted by Gasteiger charge is -2.42. The van der Waals surface area contributed by atoms with E-state index < -0.39 is 18.1 Å². The Morgan fingerprint density at radius 1 is 1.07 bits per heavy atom. The summed E-state index contributed by atoms with van der Waals surface area (Å²) in [6.07, 6.45) is 5.46. The Morgan fingerprint density at radius 2 is 1.85 bits per heavy atom. The van der Waals surface area contributed by atoms with Gasteiger partial charge in [-0.15, -0.1) is 0 Å². The van der Waals surface area contributed by atoms with Crippen LogP contribution in [0.2, 0.25) is 0 Å². The Kier molecular flexibility index (Phi) is 8.91. The van der Waals surface area contributed by atoms with Crippen LogP contribution >= 0.6 is 0 Å². The topological polar surface area (TPSA) is 117 Å². The molecule has 2 aromatic heterocycles. The average Bonchev–Trinajstić information content (AvgIpc) is 3.43. The number of hydrogen-bond donors (Lipinski definition) is 3. The zero-order valence-corrected chi connectivity index (χ0v) is 22.8. The standard InChI is InChI=1S/C28H34F3N7O3/c1-2-40-27(39)36-20-10-6-7-18(13-20)24-16-34-26(41-24)37-22-11-12-38(17-23(22)35-19-8-4-3-5-9-19)21-14-32-25(33-15-21)28(29,30)31/h6-7,10,13-16,19,22-23,35H,2-5,8-9,11-12,17H2,1H3,(H,34,37)(H,36,39). The molecule has 1 saturated carbocycles. The van der Waals surface area contributed by atoms with Gasteiger partial charge in [0, 0.05) is 42.5 Å². The van der Waals surface area contributed by atoms with Crippen molar-refractivity contribution in [2.75, 3.05) is 35.2 Å². The van der Waals surface area contributed by atoms with E-state index in [1.54, 1.807) is 31.3 Å². The number of carbonyl (C=O) groups is 1. The lowest BCUT2D eigenvalue weighted by molar-refractivity contribution is -0.145. The molecule has 0 radical (unpaired) electrons. The van der Waals surface area contributed by atoms with Gasteiger partial charge in [0.1, 0.15) is 0 Å². The molecule has 3 aromatic rings. The molecule has 3 N–H and O–H groups in total. The molecule has 5 rings (SSSR count). The Labute approximate surface area is 236 Å². The Bertz CT molecular complexity index is 1300. The molecule has 2 fully saturated rings. The van der Waals surface area contributed by atoms with Crippen molar-refractivity contribution in [2.24, 2.45) is 0 Å². The first-order chi connectivity index (χ1) is 19.8. The highest BCUT2D eigenvalue weighted by Gasteiger charge is 2.36. The number of piperidine rings is 1. The molecule has 1 saturated heterocycles. The minimum absolute atomic E-state index is 0.0124. The molecule has 1 aliphatic carbocycles. The fourth-order valence-electron chi connectivity index (χ4n) is 5.40. The number of anilines is 3. The van der Waals surface area contributed by atoms with Crippen LogP contribution in [-0.4, -0.2) is 58.9 Å². The van der Waals surface area contributed by atoms with Gasteiger partial charge in [-0.3, -0.25) is 5.32 Å². The van der Waals surface area contributed by atoms with E-state index in [0.29, 0.717) is 48.7 Å². The summed E-state index contributed by atoms with van der Waals surface area (Å²) in [5.41, 5.74) is 1.87. The van der Waals surface area contributed by atoms with Crippen LogP contribution in [0.1, 0.15) is 51.3 Å². The predicted octanol–water partition coefficient (Wildman–Crippen LogP) is 5.70. The number of ether oxygens (including phenoxy) is 1. The molecule has 2 unspecified atom stereocenters. The molecule has 13 heteroatoms. The number of nitrogens with zero attached hydrogens (tertiary/aromatic N) is 4. The third-order valence-electron chi connectivity index (χ3n) is 7.41. The minimum atomic E-state index is -4.58. The van der Waals surface area contributed by atoms with Gasteiger partial charge in [-0.25, -0.2) is 19.7 Å². The summed E-state index contributed by atoms with van der Waals surface area (Å²) in [5.74, 6) is -0.604. The fraction of sp³-hybridized carbons (Fsp3) is 0.500. The van der Waals surface area contributed by atoms with E-state index in [1.807, 2.05) is 11.0 Å². The Hall–Kier alpha value is -3.87. The molecule has 1 aromatic carbocycles. The van der Waals surface area contributed by atoms with Gasteiger partial charge >= 0.3 is 12.3 Å². The van der Waals surface area contributed by atoms with Gasteiger partial charge in [-0.1, -0.05) is 31.4 Å². The third-order valence-corrected chi connectivity index (χ3v) is 7.41. The second-order valence-corrected chi connectivity index (χ2v) is 10.3. The maximum atomic E-state index is 13.0. The van der Waals surface area contributed by atoms with Crippen LogP contribution in [-0.2, 0) is 10.9 Å². The van der Waals surface area contributed by atoms with Crippen molar-refractivity contribution >= 4 is 23.5 Å². The summed E-state index contributed by atoms with van der Waals surface area (Å²) >= 11 is 0. The maximum Gasteiger partial charge on any atom is 0.451 e. The van der Waals surface area contributed by atoms with Crippen molar-refractivity contribution in [3.8, 4) is 11.3 Å². The molecule has 1 amide bonds. The van der Waals surface area contributed by atoms with E-state index in [9.17, 15) is 18.0 Å². The van der Waals surface area contributed by atoms with Crippen molar-refractivity contribution in [2.45, 2.75) is 69.8 Å². The highest BCUT2D eigenvalue weighted by Crippen LogP contribution is 2.30. The van der Waals surface area contributed by atoms with Gasteiger partial charge in [-0.2, -0.15) is 13.2 Å². The molecule has 3 heterocycles. The minimum Gasteiger partial charge on any atom is -0.450 e. The lowest BCUT2D eigenvalue weighted by atomic mass is 9.92. The van der Waals surface area contributed by atoms with Gasteiger partial charge in [0.2, 0.25) is 5.82 Å². The number of halogens is 3. The van der Waals surface area contributed by atoms with Crippen molar-refractivity contribution in [1.82, 2.24) is 20.3 Å². The highest BCUT2D eigenvalue weighted by atomic mass is 19.4. The molecule has 41 heavy (non-hydrogen) atoms. The van der Waals surface area contributed by atoms with Crippen LogP contribution in [0.5, 0.6) is 0 Å². The number of oxazole rings is 1. The van der Waals surface area contributed by atoms with Gasteiger partial charge in [0.15, 0.2) is 5.76 Å². The second-order valence-electron chi connectivity index (χ2n) is 10.3. The monoisotopic (exact) mass is 573 g/mol. The van der Waals surface area contributed by atoms with E-state index >= 15 is 0 Å². The zero-order chi connectivity index (χ0) is 28.8. The predicted molar refractivity (Wildman–Crippen MR) is 148 cm³/mol. The van der Waals surface area contributed by atoms with Crippen molar-refractivity contribution in [1.29, 1.82) is 0 Å². The Morgan fingerprint density at radius 3 is 2.59 bits per heavy atom. The molecule has 2 atom stereocenters. The fourth-order valence-corrected chi connectivity index (χ4v) is 5.40. The summed E-state index contributed by atoms with van der Waals surface area (Å²) in [6.45, 7) is 3.18. The first kappa shape index (κ1) is 28.7. The van der Waals surface area contributed by atoms with Crippen LogP contribution in [0.25, 0.3) is 11.3 Å². The molecule has 1 aliphatic heterocycles. The molecule has 10 nitrogen and oxygen atoms in total. The van der Waals surface area contributed by atoms with Crippen LogP contribution in [0.15, 0.2) is 47.3 Å². The number of benzene rings is 1. The van der Waals surface area contributed by atoms with Crippen molar-refractivity contribution in [3.63, 3.8) is 0 Å². The van der Waals surface area contributed by atoms with E-state index in [1.165, 1.54) is 31.7 Å². The molecular formula is C28H34F3N7O3. The number of carbonyl (C=O) groups excluding carboxylic acids is 1. The lowest BCUT2D eigenvalue weighted by Crippen LogP contribution is -2.58. The summed E-state index contributed by atoms with van der Waals surface area (Å²) in [7, 11) is 0.